The molecule has 2 aromatic rings. The minimum absolute atomic E-state index is 0.00220. The highest BCUT2D eigenvalue weighted by atomic mass is 79.9. The first kappa shape index (κ1) is 34.9. The number of hydrogen-bond donors (Lipinski definition) is 4. The molecule has 0 fully saturated rings. The molecule has 0 saturated heterocycles. The third-order valence-corrected chi connectivity index (χ3v) is 6.44. The Morgan fingerprint density at radius 3 is 2.41 bits per heavy atom. The number of halogens is 2. The Labute approximate surface area is 255 Å². The van der Waals surface area contributed by atoms with Gasteiger partial charge in [-0.1, -0.05) is 46.3 Å². The number of carbonyl (C=O) groups is 2. The lowest BCUT2D eigenvalue weighted by atomic mass is 10.1. The molecule has 0 aliphatic rings. The number of terminal acetylenes is 1. The van der Waals surface area contributed by atoms with Crippen molar-refractivity contribution in [3.8, 4) is 12.8 Å². The molecule has 8 nitrogen and oxygen atoms in total. The van der Waals surface area contributed by atoms with E-state index in [1.54, 1.807) is 31.3 Å². The molecule has 0 atom stereocenters. The third kappa shape index (κ3) is 11.1. The summed E-state index contributed by atoms with van der Waals surface area (Å²) >= 11 is 9.71. The van der Waals surface area contributed by atoms with E-state index in [4.69, 9.17) is 22.1 Å². The summed E-state index contributed by atoms with van der Waals surface area (Å²) < 4.78 is 6.07. The van der Waals surface area contributed by atoms with Crippen molar-refractivity contribution in [3.63, 3.8) is 0 Å². The average Bonchev–Trinajstić information content (AvgIpc) is 2.98. The first-order valence-electron chi connectivity index (χ1n) is 12.3. The van der Waals surface area contributed by atoms with Crippen LogP contribution in [-0.2, 0) is 16.1 Å². The molecule has 0 aliphatic carbocycles. The zero-order valence-corrected chi connectivity index (χ0v) is 25.9. The number of nitrogens with two attached hydrogens (primary N) is 1. The number of nitrogens with one attached hydrogen (secondary N) is 3. The van der Waals surface area contributed by atoms with E-state index < -0.39 is 11.8 Å². The molecule has 10 heteroatoms. The summed E-state index contributed by atoms with van der Waals surface area (Å²) in [5.74, 6) is -0.884. The van der Waals surface area contributed by atoms with E-state index in [1.807, 2.05) is 38.1 Å². The lowest BCUT2D eigenvalue weighted by Crippen LogP contribution is -2.25. The molecule has 0 spiro atoms. The summed E-state index contributed by atoms with van der Waals surface area (Å²) in [5, 5.41) is 9.03. The number of aliphatic imine (C=N–C) groups is 1. The van der Waals surface area contributed by atoms with E-state index in [0.29, 0.717) is 17.9 Å². The second kappa shape index (κ2) is 18.3. The lowest BCUT2D eigenvalue weighted by Gasteiger charge is -2.14. The number of nitrogens with zero attached hydrogens (tertiary/aromatic N) is 1. The van der Waals surface area contributed by atoms with Crippen LogP contribution in [0.4, 0.5) is 5.69 Å². The highest BCUT2D eigenvalue weighted by molar-refractivity contribution is 9.10. The molecule has 0 radical (unpaired) electrons. The maximum atomic E-state index is 13.1. The quantitative estimate of drug-likeness (QED) is 0.102. The summed E-state index contributed by atoms with van der Waals surface area (Å²) in [7, 11) is 3.19. The van der Waals surface area contributed by atoms with Gasteiger partial charge in [0.15, 0.2) is 0 Å². The zero-order valence-electron chi connectivity index (χ0n) is 23.6. The molecule has 216 valence electrons. The van der Waals surface area contributed by atoms with Crippen LogP contribution in [0, 0.1) is 12.8 Å². The molecule has 0 unspecified atom stereocenters. The molecular formula is C31H35BrClN5O3. The number of rotatable bonds is 12. The van der Waals surface area contributed by atoms with Gasteiger partial charge < -0.3 is 26.4 Å². The monoisotopic (exact) mass is 639 g/mol. The molecule has 0 heterocycles. The first-order valence-corrected chi connectivity index (χ1v) is 13.4. The van der Waals surface area contributed by atoms with Gasteiger partial charge in [-0.25, -0.2) is 0 Å². The van der Waals surface area contributed by atoms with Crippen molar-refractivity contribution in [1.82, 2.24) is 10.6 Å². The van der Waals surface area contributed by atoms with Crippen LogP contribution in [0.1, 0.15) is 29.8 Å². The minimum atomic E-state index is -0.484. The number of benzene rings is 2. The van der Waals surface area contributed by atoms with Crippen LogP contribution in [0.25, 0.3) is 0 Å². The van der Waals surface area contributed by atoms with Gasteiger partial charge in [-0.15, -0.1) is 12.8 Å². The van der Waals surface area contributed by atoms with Crippen LogP contribution in [0.3, 0.4) is 0 Å². The van der Waals surface area contributed by atoms with Gasteiger partial charge >= 0.3 is 0 Å². The van der Waals surface area contributed by atoms with E-state index in [9.17, 15) is 9.59 Å². The fourth-order valence-electron chi connectivity index (χ4n) is 3.47. The van der Waals surface area contributed by atoms with E-state index in [-0.39, 0.29) is 28.5 Å². The van der Waals surface area contributed by atoms with E-state index in [0.717, 1.165) is 21.3 Å². The first-order chi connectivity index (χ1) is 19.6. The van der Waals surface area contributed by atoms with Crippen LogP contribution < -0.4 is 21.7 Å². The second-order valence-corrected chi connectivity index (χ2v) is 9.62. The molecule has 2 amide bonds. The standard InChI is InChI=1S/C29H33BrClN5O3.C2H2/c1-6-25(18(2)33-4)19(3)34-16-20-7-12-27(31)26(13-20)29(38)36-24(15-32)14-21(17-39-5)28(37)35-23-10-8-22(30)9-11-23;1-2/h6-15,34H,3,16-17,32H2,1-2,4-5H3,(H,35,37)(H,36,38);1-2H/b21-14+,24-15+,25-6+,33-18?;. The predicted molar refractivity (Wildman–Crippen MR) is 173 cm³/mol. The maximum absolute atomic E-state index is 13.1. The van der Waals surface area contributed by atoms with Crippen molar-refractivity contribution in [2.45, 2.75) is 20.4 Å². The van der Waals surface area contributed by atoms with Crippen LogP contribution in [0.15, 0.2) is 99.4 Å². The van der Waals surface area contributed by atoms with Crippen molar-refractivity contribution in [2.75, 3.05) is 26.1 Å². The topological polar surface area (TPSA) is 118 Å². The average molecular weight is 641 g/mol. The zero-order chi connectivity index (χ0) is 30.9. The Morgan fingerprint density at radius 1 is 1.20 bits per heavy atom. The molecule has 41 heavy (non-hydrogen) atoms. The highest BCUT2D eigenvalue weighted by Gasteiger charge is 2.15. The van der Waals surface area contributed by atoms with Crippen molar-refractivity contribution in [2.24, 2.45) is 10.7 Å². The molecule has 0 bridgehead atoms. The smallest absolute Gasteiger partial charge is 0.257 e. The van der Waals surface area contributed by atoms with Gasteiger partial charge in [0, 0.05) is 59.6 Å². The Hall–Kier alpha value is -4.10. The highest BCUT2D eigenvalue weighted by Crippen LogP contribution is 2.20. The number of carbonyl (C=O) groups excluding carboxylic acids is 2. The maximum Gasteiger partial charge on any atom is 0.257 e. The lowest BCUT2D eigenvalue weighted by molar-refractivity contribution is -0.113. The van der Waals surface area contributed by atoms with E-state index >= 15 is 0 Å². The van der Waals surface area contributed by atoms with E-state index in [1.165, 1.54) is 19.4 Å². The van der Waals surface area contributed by atoms with Crippen molar-refractivity contribution < 1.29 is 14.3 Å². The summed E-state index contributed by atoms with van der Waals surface area (Å²) in [5.41, 5.74) is 10.4. The molecular weight excluding hydrogens is 606 g/mol. The van der Waals surface area contributed by atoms with Gasteiger partial charge in [0.25, 0.3) is 11.8 Å². The number of amides is 2. The number of hydrogen-bond acceptors (Lipinski definition) is 6. The Kier molecular flexibility index (Phi) is 15.6. The number of anilines is 1. The van der Waals surface area contributed by atoms with Crippen molar-refractivity contribution >= 4 is 50.7 Å². The van der Waals surface area contributed by atoms with Crippen LogP contribution in [0.2, 0.25) is 5.02 Å². The van der Waals surface area contributed by atoms with Gasteiger partial charge in [-0.05, 0) is 61.9 Å². The van der Waals surface area contributed by atoms with Crippen LogP contribution >= 0.6 is 27.5 Å². The van der Waals surface area contributed by atoms with Crippen LogP contribution in [-0.4, -0.2) is 38.3 Å². The third-order valence-electron chi connectivity index (χ3n) is 5.58. The Morgan fingerprint density at radius 2 is 1.85 bits per heavy atom. The van der Waals surface area contributed by atoms with Crippen molar-refractivity contribution in [1.29, 1.82) is 0 Å². The Bertz CT molecular complexity index is 1380. The van der Waals surface area contributed by atoms with Gasteiger partial charge in [-0.2, -0.15) is 0 Å². The fraction of sp³-hybridized carbons (Fsp3) is 0.194. The molecule has 2 rings (SSSR count). The second-order valence-electron chi connectivity index (χ2n) is 8.30. The largest absolute Gasteiger partial charge is 0.403 e. The molecule has 2 aromatic carbocycles. The SMILES string of the molecule is C#C.C=C(NCc1ccc(Cl)c(C(=O)NC(=C/N)/C=C(\COC)C(=O)Nc2ccc(Br)cc2)c1)/C(=C/C)C(C)=NC. The van der Waals surface area contributed by atoms with Gasteiger partial charge in [0.2, 0.25) is 0 Å². The number of methoxy groups -OCH3 is 1. The molecule has 5 N–H and O–H groups in total. The predicted octanol–water partition coefficient (Wildman–Crippen LogP) is 5.73. The molecule has 0 aromatic heterocycles. The minimum Gasteiger partial charge on any atom is -0.403 e. The van der Waals surface area contributed by atoms with Crippen molar-refractivity contribution in [3.05, 3.63) is 111 Å². The van der Waals surface area contributed by atoms with Gasteiger partial charge in [0.1, 0.15) is 0 Å². The number of ether oxygens (including phenoxy) is 1. The molecule has 0 saturated carbocycles. The number of allylic oxidation sites excluding steroid dienone is 3. The summed E-state index contributed by atoms with van der Waals surface area (Å²) in [6, 6.07) is 12.3. The van der Waals surface area contributed by atoms with Crippen LogP contribution in [0.5, 0.6) is 0 Å². The summed E-state index contributed by atoms with van der Waals surface area (Å²) in [6.07, 6.45) is 12.6. The Balaban J connectivity index is 0.00000411. The normalized spacial score (nSPS) is 12.1. The fourth-order valence-corrected chi connectivity index (χ4v) is 3.93. The summed E-state index contributed by atoms with van der Waals surface area (Å²) in [4.78, 5) is 30.2. The summed E-state index contributed by atoms with van der Waals surface area (Å²) in [6.45, 7) is 8.32. The van der Waals surface area contributed by atoms with Gasteiger partial charge in [0.05, 0.1) is 22.9 Å². The van der Waals surface area contributed by atoms with E-state index in [2.05, 4.69) is 56.3 Å². The molecule has 0 aliphatic heterocycles. The van der Waals surface area contributed by atoms with Gasteiger partial charge in [-0.3, -0.25) is 14.6 Å².